The lowest BCUT2D eigenvalue weighted by Crippen LogP contribution is -2.03. The number of imidazole rings is 1. The van der Waals surface area contributed by atoms with Crippen LogP contribution < -0.4 is 5.73 Å². The van der Waals surface area contributed by atoms with Gasteiger partial charge in [-0.3, -0.25) is 4.68 Å². The summed E-state index contributed by atoms with van der Waals surface area (Å²) in [7, 11) is 0. The SMILES string of the molecule is Nc1ccc(-c2ncn(CCCn3ccnc3)n2)cc1. The quantitative estimate of drug-likeness (QED) is 0.716. The molecule has 6 heteroatoms. The van der Waals surface area contributed by atoms with Gasteiger partial charge in [0.15, 0.2) is 5.82 Å². The molecule has 0 saturated heterocycles. The van der Waals surface area contributed by atoms with E-state index in [2.05, 4.69) is 19.6 Å². The molecule has 102 valence electrons. The molecular formula is C14H16N6. The minimum atomic E-state index is 0.729. The van der Waals surface area contributed by atoms with Crippen LogP contribution in [0.3, 0.4) is 0 Å². The van der Waals surface area contributed by atoms with Crippen molar-refractivity contribution in [3.05, 3.63) is 49.3 Å². The summed E-state index contributed by atoms with van der Waals surface area (Å²) >= 11 is 0. The molecule has 0 amide bonds. The minimum absolute atomic E-state index is 0.729. The molecule has 0 unspecified atom stereocenters. The highest BCUT2D eigenvalue weighted by molar-refractivity contribution is 5.57. The summed E-state index contributed by atoms with van der Waals surface area (Å²) in [5, 5.41) is 4.47. The third kappa shape index (κ3) is 2.85. The summed E-state index contributed by atoms with van der Waals surface area (Å²) in [4.78, 5) is 8.34. The van der Waals surface area contributed by atoms with Gasteiger partial charge in [-0.25, -0.2) is 9.97 Å². The fourth-order valence-corrected chi connectivity index (χ4v) is 2.00. The number of benzene rings is 1. The fourth-order valence-electron chi connectivity index (χ4n) is 2.00. The van der Waals surface area contributed by atoms with Crippen molar-refractivity contribution in [1.82, 2.24) is 24.3 Å². The number of hydrogen-bond donors (Lipinski definition) is 1. The zero-order chi connectivity index (χ0) is 13.8. The largest absolute Gasteiger partial charge is 0.399 e. The van der Waals surface area contributed by atoms with Crippen LogP contribution >= 0.6 is 0 Å². The average molecular weight is 268 g/mol. The van der Waals surface area contributed by atoms with E-state index in [4.69, 9.17) is 5.73 Å². The molecule has 1 aromatic carbocycles. The van der Waals surface area contributed by atoms with Gasteiger partial charge < -0.3 is 10.3 Å². The zero-order valence-electron chi connectivity index (χ0n) is 11.1. The third-order valence-corrected chi connectivity index (χ3v) is 3.07. The molecule has 3 aromatic rings. The molecular weight excluding hydrogens is 252 g/mol. The van der Waals surface area contributed by atoms with Crippen LogP contribution in [0.1, 0.15) is 6.42 Å². The number of hydrogen-bond acceptors (Lipinski definition) is 4. The Labute approximate surface area is 116 Å². The molecule has 0 fully saturated rings. The minimum Gasteiger partial charge on any atom is -0.399 e. The smallest absolute Gasteiger partial charge is 0.181 e. The molecule has 3 rings (SSSR count). The van der Waals surface area contributed by atoms with Crippen LogP contribution in [0, 0.1) is 0 Å². The van der Waals surface area contributed by atoms with E-state index in [1.807, 2.05) is 41.5 Å². The standard InChI is InChI=1S/C14H16N6/c15-13-4-2-12(3-5-13)14-17-11-20(18-14)8-1-7-19-9-6-16-10-19/h2-6,9-11H,1,7-8,15H2. The second-order valence-corrected chi connectivity index (χ2v) is 4.61. The summed E-state index contributed by atoms with van der Waals surface area (Å²) < 4.78 is 3.92. The molecule has 0 saturated carbocycles. The highest BCUT2D eigenvalue weighted by Gasteiger charge is 2.03. The molecule has 2 N–H and O–H groups in total. The predicted octanol–water partition coefficient (Wildman–Crippen LogP) is 1.81. The zero-order valence-corrected chi connectivity index (χ0v) is 11.1. The number of aryl methyl sites for hydroxylation is 2. The van der Waals surface area contributed by atoms with E-state index in [0.29, 0.717) is 0 Å². The van der Waals surface area contributed by atoms with Gasteiger partial charge in [0, 0.05) is 36.7 Å². The topological polar surface area (TPSA) is 74.5 Å². The molecule has 0 atom stereocenters. The highest BCUT2D eigenvalue weighted by Crippen LogP contribution is 2.15. The van der Waals surface area contributed by atoms with Crippen LogP contribution in [0.15, 0.2) is 49.3 Å². The van der Waals surface area contributed by atoms with Crippen LogP contribution in [-0.4, -0.2) is 24.3 Å². The molecule has 0 aliphatic rings. The van der Waals surface area contributed by atoms with Crippen LogP contribution in [0.5, 0.6) is 0 Å². The maximum absolute atomic E-state index is 5.67. The van der Waals surface area contributed by atoms with Gasteiger partial charge in [-0.05, 0) is 30.7 Å². The summed E-state index contributed by atoms with van der Waals surface area (Å²) in [6, 6.07) is 7.57. The molecule has 20 heavy (non-hydrogen) atoms. The van der Waals surface area contributed by atoms with E-state index >= 15 is 0 Å². The van der Waals surface area contributed by atoms with Crippen LogP contribution in [-0.2, 0) is 13.1 Å². The van der Waals surface area contributed by atoms with Crippen molar-refractivity contribution in [2.24, 2.45) is 0 Å². The van der Waals surface area contributed by atoms with Crippen molar-refractivity contribution in [3.8, 4) is 11.4 Å². The summed E-state index contributed by atoms with van der Waals surface area (Å²) in [5.41, 5.74) is 7.39. The van der Waals surface area contributed by atoms with Crippen molar-refractivity contribution in [2.45, 2.75) is 19.5 Å². The lowest BCUT2D eigenvalue weighted by atomic mass is 10.2. The Morgan fingerprint density at radius 3 is 2.65 bits per heavy atom. The van der Waals surface area contributed by atoms with Crippen LogP contribution in [0.4, 0.5) is 5.69 Å². The second-order valence-electron chi connectivity index (χ2n) is 4.61. The first-order valence-electron chi connectivity index (χ1n) is 6.52. The van der Waals surface area contributed by atoms with Gasteiger partial charge in [-0.15, -0.1) is 0 Å². The Morgan fingerprint density at radius 2 is 1.90 bits per heavy atom. The van der Waals surface area contributed by atoms with Crippen molar-refractivity contribution < 1.29 is 0 Å². The van der Waals surface area contributed by atoms with Gasteiger partial charge >= 0.3 is 0 Å². The molecule has 2 aromatic heterocycles. The lowest BCUT2D eigenvalue weighted by molar-refractivity contribution is 0.526. The first kappa shape index (κ1) is 12.4. The van der Waals surface area contributed by atoms with E-state index in [1.165, 1.54) is 0 Å². The van der Waals surface area contributed by atoms with Gasteiger partial charge in [0.1, 0.15) is 6.33 Å². The molecule has 0 spiro atoms. The summed E-state index contributed by atoms with van der Waals surface area (Å²) in [5.74, 6) is 0.729. The predicted molar refractivity (Wildman–Crippen MR) is 76.7 cm³/mol. The number of rotatable bonds is 5. The molecule has 0 aliphatic heterocycles. The summed E-state index contributed by atoms with van der Waals surface area (Å²) in [6.45, 7) is 1.76. The van der Waals surface area contributed by atoms with Gasteiger partial charge in [0.2, 0.25) is 0 Å². The first-order chi connectivity index (χ1) is 9.81. The lowest BCUT2D eigenvalue weighted by Gasteiger charge is -2.02. The van der Waals surface area contributed by atoms with Crippen LogP contribution in [0.2, 0.25) is 0 Å². The second kappa shape index (κ2) is 5.56. The van der Waals surface area contributed by atoms with Crippen molar-refractivity contribution in [2.75, 3.05) is 5.73 Å². The third-order valence-electron chi connectivity index (χ3n) is 3.07. The molecule has 0 radical (unpaired) electrons. The number of anilines is 1. The molecule has 0 aliphatic carbocycles. The maximum Gasteiger partial charge on any atom is 0.181 e. The number of nitrogens with zero attached hydrogens (tertiary/aromatic N) is 5. The van der Waals surface area contributed by atoms with E-state index < -0.39 is 0 Å². The van der Waals surface area contributed by atoms with E-state index in [9.17, 15) is 0 Å². The first-order valence-corrected chi connectivity index (χ1v) is 6.52. The van der Waals surface area contributed by atoms with E-state index in [-0.39, 0.29) is 0 Å². The Balaban J connectivity index is 1.60. The van der Waals surface area contributed by atoms with Gasteiger partial charge in [-0.1, -0.05) is 0 Å². The fraction of sp³-hybridized carbons (Fsp3) is 0.214. The van der Waals surface area contributed by atoms with Crippen molar-refractivity contribution >= 4 is 5.69 Å². The number of nitrogen functional groups attached to an aromatic ring is 1. The van der Waals surface area contributed by atoms with Crippen LogP contribution in [0.25, 0.3) is 11.4 Å². The monoisotopic (exact) mass is 268 g/mol. The molecule has 6 nitrogen and oxygen atoms in total. The van der Waals surface area contributed by atoms with Gasteiger partial charge in [0.05, 0.1) is 6.33 Å². The van der Waals surface area contributed by atoms with Gasteiger partial charge in [0.25, 0.3) is 0 Å². The average Bonchev–Trinajstić information content (AvgIpc) is 3.11. The van der Waals surface area contributed by atoms with Gasteiger partial charge in [-0.2, -0.15) is 5.10 Å². The Hall–Kier alpha value is -2.63. The van der Waals surface area contributed by atoms with E-state index in [0.717, 1.165) is 36.6 Å². The van der Waals surface area contributed by atoms with E-state index in [1.54, 1.807) is 12.5 Å². The maximum atomic E-state index is 5.67. The highest BCUT2D eigenvalue weighted by atomic mass is 15.3. The summed E-state index contributed by atoms with van der Waals surface area (Å²) in [6.07, 6.45) is 8.32. The molecule has 2 heterocycles. The Morgan fingerprint density at radius 1 is 1.05 bits per heavy atom. The normalized spacial score (nSPS) is 10.8. The molecule has 0 bridgehead atoms. The van der Waals surface area contributed by atoms with Crippen molar-refractivity contribution in [1.29, 1.82) is 0 Å². The van der Waals surface area contributed by atoms with Crippen molar-refractivity contribution in [3.63, 3.8) is 0 Å². The Kier molecular flexibility index (Phi) is 3.45. The number of nitrogens with two attached hydrogens (primary N) is 1. The Bertz CT molecular complexity index is 653. The number of aromatic nitrogens is 5.